The Bertz CT molecular complexity index is 309. The van der Waals surface area contributed by atoms with E-state index in [-0.39, 0.29) is 42.7 Å². The molecule has 1 amide bonds. The lowest BCUT2D eigenvalue weighted by atomic mass is 9.92. The zero-order chi connectivity index (χ0) is 14.4. The summed E-state index contributed by atoms with van der Waals surface area (Å²) in [6.07, 6.45) is 4.43. The highest BCUT2D eigenvalue weighted by atomic mass is 35.5. The van der Waals surface area contributed by atoms with E-state index in [0.717, 1.165) is 39.1 Å². The van der Waals surface area contributed by atoms with Gasteiger partial charge in [-0.2, -0.15) is 0 Å². The number of nitrogens with zero attached hydrogens (tertiary/aromatic N) is 1. The van der Waals surface area contributed by atoms with Gasteiger partial charge in [-0.25, -0.2) is 0 Å². The largest absolute Gasteiger partial charge is 0.381 e. The first-order valence-electron chi connectivity index (χ1n) is 8.00. The van der Waals surface area contributed by atoms with Crippen molar-refractivity contribution >= 4 is 30.7 Å². The van der Waals surface area contributed by atoms with Gasteiger partial charge in [0, 0.05) is 26.3 Å². The minimum absolute atomic E-state index is 0. The highest BCUT2D eigenvalue weighted by molar-refractivity contribution is 5.85. The molecule has 22 heavy (non-hydrogen) atoms. The Kier molecular flexibility index (Phi) is 11.4. The van der Waals surface area contributed by atoms with Gasteiger partial charge in [0.2, 0.25) is 5.91 Å². The van der Waals surface area contributed by atoms with E-state index in [4.69, 9.17) is 10.5 Å². The van der Waals surface area contributed by atoms with Crippen LogP contribution in [0.15, 0.2) is 0 Å². The van der Waals surface area contributed by atoms with Gasteiger partial charge in [0.1, 0.15) is 0 Å². The van der Waals surface area contributed by atoms with E-state index in [0.29, 0.717) is 5.92 Å². The highest BCUT2D eigenvalue weighted by Crippen LogP contribution is 2.17. The Morgan fingerprint density at radius 1 is 1.27 bits per heavy atom. The van der Waals surface area contributed by atoms with Crippen LogP contribution in [0.5, 0.6) is 0 Å². The third-order valence-electron chi connectivity index (χ3n) is 4.47. The number of hydrogen-bond donors (Lipinski definition) is 2. The third-order valence-corrected chi connectivity index (χ3v) is 4.47. The van der Waals surface area contributed by atoms with Crippen LogP contribution >= 0.6 is 24.8 Å². The predicted molar refractivity (Wildman–Crippen MR) is 93.9 cm³/mol. The zero-order valence-corrected chi connectivity index (χ0v) is 15.1. The van der Waals surface area contributed by atoms with Crippen molar-refractivity contribution in [2.24, 2.45) is 17.6 Å². The van der Waals surface area contributed by atoms with Gasteiger partial charge in [-0.1, -0.05) is 6.92 Å². The molecular weight excluding hydrogens is 325 g/mol. The summed E-state index contributed by atoms with van der Waals surface area (Å²) in [4.78, 5) is 14.6. The summed E-state index contributed by atoms with van der Waals surface area (Å²) in [5, 5.41) is 3.02. The standard InChI is InChI=1S/C15H29N3O2.2ClH/c1-12(11-18-6-2-3-7-18)10-17-15(19)14(16)13-4-8-20-9-5-13;;/h12-14H,2-11,16H2,1H3,(H,17,19);2*1H. The molecule has 2 aliphatic rings. The van der Waals surface area contributed by atoms with E-state index in [1.807, 2.05) is 0 Å². The summed E-state index contributed by atoms with van der Waals surface area (Å²) in [6.45, 7) is 7.88. The van der Waals surface area contributed by atoms with Crippen molar-refractivity contribution in [3.05, 3.63) is 0 Å². The van der Waals surface area contributed by atoms with Crippen molar-refractivity contribution in [3.8, 4) is 0 Å². The molecule has 2 unspecified atom stereocenters. The van der Waals surface area contributed by atoms with Gasteiger partial charge in [-0.3, -0.25) is 4.79 Å². The molecule has 0 radical (unpaired) electrons. The highest BCUT2D eigenvalue weighted by Gasteiger charge is 2.26. The molecule has 2 fully saturated rings. The Morgan fingerprint density at radius 3 is 2.45 bits per heavy atom. The smallest absolute Gasteiger partial charge is 0.237 e. The molecule has 0 saturated carbocycles. The predicted octanol–water partition coefficient (Wildman–Crippen LogP) is 1.43. The molecular formula is C15H31Cl2N3O2. The Morgan fingerprint density at radius 2 is 1.86 bits per heavy atom. The first-order valence-corrected chi connectivity index (χ1v) is 8.00. The molecule has 2 atom stereocenters. The van der Waals surface area contributed by atoms with Gasteiger partial charge in [0.05, 0.1) is 6.04 Å². The molecule has 2 aliphatic heterocycles. The average Bonchev–Trinajstić information content (AvgIpc) is 2.97. The molecule has 0 aromatic carbocycles. The van der Waals surface area contributed by atoms with Crippen molar-refractivity contribution in [1.29, 1.82) is 0 Å². The van der Waals surface area contributed by atoms with Gasteiger partial charge in [-0.05, 0) is 50.6 Å². The van der Waals surface area contributed by atoms with Crippen LogP contribution in [-0.2, 0) is 9.53 Å². The van der Waals surface area contributed by atoms with Crippen LogP contribution in [0.2, 0.25) is 0 Å². The van der Waals surface area contributed by atoms with Crippen LogP contribution in [0.1, 0.15) is 32.6 Å². The average molecular weight is 356 g/mol. The van der Waals surface area contributed by atoms with Gasteiger partial charge in [-0.15, -0.1) is 24.8 Å². The van der Waals surface area contributed by atoms with Crippen LogP contribution in [0, 0.1) is 11.8 Å². The van der Waals surface area contributed by atoms with Gasteiger partial charge < -0.3 is 20.7 Å². The van der Waals surface area contributed by atoms with Crippen LogP contribution < -0.4 is 11.1 Å². The van der Waals surface area contributed by atoms with Crippen LogP contribution in [-0.4, -0.2) is 56.2 Å². The molecule has 2 heterocycles. The van der Waals surface area contributed by atoms with Crippen LogP contribution in [0.25, 0.3) is 0 Å². The fraction of sp³-hybridized carbons (Fsp3) is 0.933. The lowest BCUT2D eigenvalue weighted by Crippen LogP contribution is -2.48. The number of carbonyl (C=O) groups is 1. The third kappa shape index (κ3) is 7.01. The monoisotopic (exact) mass is 355 g/mol. The van der Waals surface area contributed by atoms with Gasteiger partial charge in [0.15, 0.2) is 0 Å². The topological polar surface area (TPSA) is 67.6 Å². The first kappa shape index (κ1) is 21.9. The number of halogens is 2. The molecule has 132 valence electrons. The van der Waals surface area contributed by atoms with Gasteiger partial charge >= 0.3 is 0 Å². The molecule has 0 bridgehead atoms. The summed E-state index contributed by atoms with van der Waals surface area (Å²) in [6, 6.07) is -0.377. The Balaban J connectivity index is 0.00000220. The minimum Gasteiger partial charge on any atom is -0.381 e. The van der Waals surface area contributed by atoms with E-state index < -0.39 is 0 Å². The maximum absolute atomic E-state index is 12.1. The Labute approximate surface area is 146 Å². The normalized spacial score (nSPS) is 22.3. The van der Waals surface area contributed by atoms with Crippen molar-refractivity contribution in [2.75, 3.05) is 39.4 Å². The SMILES string of the molecule is CC(CNC(=O)C(N)C1CCOCC1)CN1CCCC1.Cl.Cl. The van der Waals surface area contributed by atoms with Crippen LogP contribution in [0.4, 0.5) is 0 Å². The maximum Gasteiger partial charge on any atom is 0.237 e. The second-order valence-electron chi connectivity index (χ2n) is 6.33. The summed E-state index contributed by atoms with van der Waals surface area (Å²) < 4.78 is 5.31. The number of ether oxygens (including phenoxy) is 1. The molecule has 5 nitrogen and oxygen atoms in total. The van der Waals surface area contributed by atoms with E-state index in [2.05, 4.69) is 17.1 Å². The number of likely N-dealkylation sites (tertiary alicyclic amines) is 1. The Hall–Kier alpha value is -0.0700. The van der Waals surface area contributed by atoms with Crippen molar-refractivity contribution in [1.82, 2.24) is 10.2 Å². The second-order valence-corrected chi connectivity index (χ2v) is 6.33. The summed E-state index contributed by atoms with van der Waals surface area (Å²) in [5.41, 5.74) is 6.06. The molecule has 3 N–H and O–H groups in total. The number of nitrogens with two attached hydrogens (primary N) is 1. The van der Waals surface area contributed by atoms with Gasteiger partial charge in [0.25, 0.3) is 0 Å². The summed E-state index contributed by atoms with van der Waals surface area (Å²) in [7, 11) is 0. The van der Waals surface area contributed by atoms with E-state index in [1.165, 1.54) is 25.9 Å². The molecule has 2 saturated heterocycles. The molecule has 0 aromatic heterocycles. The quantitative estimate of drug-likeness (QED) is 0.756. The number of hydrogen-bond acceptors (Lipinski definition) is 4. The minimum atomic E-state index is -0.377. The lowest BCUT2D eigenvalue weighted by Gasteiger charge is -2.27. The molecule has 7 heteroatoms. The molecule has 0 aromatic rings. The fourth-order valence-corrected chi connectivity index (χ4v) is 3.15. The van der Waals surface area contributed by atoms with E-state index in [1.54, 1.807) is 0 Å². The van der Waals surface area contributed by atoms with Crippen molar-refractivity contribution < 1.29 is 9.53 Å². The number of carbonyl (C=O) groups excluding carboxylic acids is 1. The van der Waals surface area contributed by atoms with E-state index >= 15 is 0 Å². The maximum atomic E-state index is 12.1. The second kappa shape index (κ2) is 11.5. The molecule has 2 rings (SSSR count). The summed E-state index contributed by atoms with van der Waals surface area (Å²) in [5.74, 6) is 0.766. The zero-order valence-electron chi connectivity index (χ0n) is 13.5. The first-order chi connectivity index (χ1) is 9.66. The molecule has 0 spiro atoms. The van der Waals surface area contributed by atoms with E-state index in [9.17, 15) is 4.79 Å². The molecule has 0 aliphatic carbocycles. The summed E-state index contributed by atoms with van der Waals surface area (Å²) >= 11 is 0. The van der Waals surface area contributed by atoms with Crippen molar-refractivity contribution in [3.63, 3.8) is 0 Å². The van der Waals surface area contributed by atoms with Crippen LogP contribution in [0.3, 0.4) is 0 Å². The van der Waals surface area contributed by atoms with Crippen molar-refractivity contribution in [2.45, 2.75) is 38.6 Å². The number of amides is 1. The lowest BCUT2D eigenvalue weighted by molar-refractivity contribution is -0.124. The number of nitrogens with one attached hydrogen (secondary N) is 1. The fourth-order valence-electron chi connectivity index (χ4n) is 3.15. The number of rotatable bonds is 6.